The first-order valence-electron chi connectivity index (χ1n) is 3.25. The Kier molecular flexibility index (Phi) is 2.35. The molecule has 1 rings (SSSR count). The fourth-order valence-corrected chi connectivity index (χ4v) is 1.47. The summed E-state index contributed by atoms with van der Waals surface area (Å²) in [6, 6.07) is 6.25. The molecular weight excluding hydrogens is 178 g/mol. The first-order chi connectivity index (χ1) is 5.47. The molecule has 0 aliphatic rings. The second-order valence-corrected chi connectivity index (χ2v) is 3.85. The number of nitrogen functional groups attached to an aromatic ring is 1. The highest BCUT2D eigenvalue weighted by atomic mass is 32.2. The summed E-state index contributed by atoms with van der Waals surface area (Å²) in [7, 11) is -4.20. The predicted octanol–water partition coefficient (Wildman–Crippen LogP) is 0.314. The Morgan fingerprint density at radius 2 is 2.08 bits per heavy atom. The third-order valence-corrected chi connectivity index (χ3v) is 1.98. The van der Waals surface area contributed by atoms with Crippen LogP contribution in [-0.4, -0.2) is 13.0 Å². The lowest BCUT2D eigenvalue weighted by Gasteiger charge is -2.06. The van der Waals surface area contributed by atoms with E-state index < -0.39 is 15.9 Å². The molecule has 0 radical (unpaired) electrons. The smallest absolute Gasteiger partial charge is 0.0988 e. The normalized spacial score (nSPS) is 11.4. The van der Waals surface area contributed by atoms with E-state index in [1.165, 1.54) is 6.07 Å². The monoisotopic (exact) mass is 186 g/mol. The van der Waals surface area contributed by atoms with Crippen LogP contribution in [0.15, 0.2) is 24.3 Å². The van der Waals surface area contributed by atoms with E-state index in [4.69, 9.17) is 5.73 Å². The van der Waals surface area contributed by atoms with Crippen molar-refractivity contribution < 1.29 is 13.0 Å². The lowest BCUT2D eigenvalue weighted by Crippen LogP contribution is -2.02. The van der Waals surface area contributed by atoms with Crippen LogP contribution in [0.1, 0.15) is 5.56 Å². The van der Waals surface area contributed by atoms with E-state index in [-0.39, 0.29) is 0 Å². The van der Waals surface area contributed by atoms with Gasteiger partial charge in [0.1, 0.15) is 0 Å². The largest absolute Gasteiger partial charge is 0.748 e. The maximum atomic E-state index is 10.3. The van der Waals surface area contributed by atoms with Gasteiger partial charge in [-0.2, -0.15) is 0 Å². The van der Waals surface area contributed by atoms with Crippen molar-refractivity contribution in [1.29, 1.82) is 0 Å². The van der Waals surface area contributed by atoms with Crippen molar-refractivity contribution in [1.82, 2.24) is 0 Å². The predicted molar refractivity (Wildman–Crippen MR) is 44.3 cm³/mol. The number of hydrogen-bond donors (Lipinski definition) is 1. The Labute approximate surface area is 70.8 Å². The third kappa shape index (κ3) is 2.89. The lowest BCUT2D eigenvalue weighted by molar-refractivity contribution is 0.462. The van der Waals surface area contributed by atoms with Crippen molar-refractivity contribution in [3.05, 3.63) is 29.8 Å². The number of anilines is 1. The van der Waals surface area contributed by atoms with Gasteiger partial charge in [0, 0.05) is 5.69 Å². The highest BCUT2D eigenvalue weighted by molar-refractivity contribution is 7.84. The van der Waals surface area contributed by atoms with Crippen molar-refractivity contribution in [2.24, 2.45) is 0 Å². The minimum absolute atomic E-state index is 0.421. The van der Waals surface area contributed by atoms with Gasteiger partial charge in [-0.1, -0.05) is 12.1 Å². The van der Waals surface area contributed by atoms with Gasteiger partial charge in [-0.25, -0.2) is 8.42 Å². The maximum Gasteiger partial charge on any atom is 0.0988 e. The first kappa shape index (κ1) is 9.02. The molecule has 0 aromatic heterocycles. The van der Waals surface area contributed by atoms with Gasteiger partial charge in [-0.3, -0.25) is 0 Å². The van der Waals surface area contributed by atoms with Crippen LogP contribution in [0, 0.1) is 0 Å². The Balaban J connectivity index is 2.91. The second-order valence-electron chi connectivity index (χ2n) is 2.45. The zero-order chi connectivity index (χ0) is 9.19. The number of nitrogens with two attached hydrogens (primary N) is 1. The van der Waals surface area contributed by atoms with Crippen LogP contribution >= 0.6 is 0 Å². The molecule has 66 valence electrons. The fourth-order valence-electron chi connectivity index (χ4n) is 0.887. The molecule has 0 fully saturated rings. The molecule has 4 nitrogen and oxygen atoms in total. The number of rotatable bonds is 2. The Morgan fingerprint density at radius 3 is 2.58 bits per heavy atom. The molecule has 0 saturated carbocycles. The van der Waals surface area contributed by atoms with Crippen LogP contribution in [0.25, 0.3) is 0 Å². The molecule has 0 spiro atoms. The van der Waals surface area contributed by atoms with Crippen LogP contribution in [0.5, 0.6) is 0 Å². The molecule has 0 saturated heterocycles. The fraction of sp³-hybridized carbons (Fsp3) is 0.143. The van der Waals surface area contributed by atoms with E-state index in [1.807, 2.05) is 0 Å². The van der Waals surface area contributed by atoms with Gasteiger partial charge in [0.25, 0.3) is 0 Å². The summed E-state index contributed by atoms with van der Waals surface area (Å²) in [4.78, 5) is 0. The maximum absolute atomic E-state index is 10.3. The quantitative estimate of drug-likeness (QED) is 0.532. The minimum Gasteiger partial charge on any atom is -0.748 e. The highest BCUT2D eigenvalue weighted by Gasteiger charge is 1.98. The third-order valence-electron chi connectivity index (χ3n) is 1.29. The average Bonchev–Trinajstić information content (AvgIpc) is 1.82. The lowest BCUT2D eigenvalue weighted by atomic mass is 10.2. The Hall–Kier alpha value is -1.07. The van der Waals surface area contributed by atoms with Crippen LogP contribution in [0.3, 0.4) is 0 Å². The molecule has 0 aliphatic carbocycles. The summed E-state index contributed by atoms with van der Waals surface area (Å²) in [6.07, 6.45) is 0. The zero-order valence-corrected chi connectivity index (χ0v) is 7.04. The van der Waals surface area contributed by atoms with Crippen molar-refractivity contribution in [3.63, 3.8) is 0 Å². The van der Waals surface area contributed by atoms with Crippen LogP contribution in [0.2, 0.25) is 0 Å². The van der Waals surface area contributed by atoms with Gasteiger partial charge in [0.2, 0.25) is 0 Å². The van der Waals surface area contributed by atoms with Crippen LogP contribution < -0.4 is 5.73 Å². The molecule has 5 heteroatoms. The SMILES string of the molecule is Nc1cccc(CS(=O)(=O)[O-])c1. The van der Waals surface area contributed by atoms with Gasteiger partial charge in [-0.05, 0) is 17.7 Å². The van der Waals surface area contributed by atoms with E-state index in [1.54, 1.807) is 18.2 Å². The van der Waals surface area contributed by atoms with Crippen LogP contribution in [-0.2, 0) is 15.9 Å². The molecule has 2 N–H and O–H groups in total. The molecule has 0 atom stereocenters. The molecule has 1 aromatic carbocycles. The standard InChI is InChI=1S/C7H9NO3S/c8-7-3-1-2-6(4-7)5-12(9,10)11/h1-4H,5,8H2,(H,9,10,11)/p-1. The van der Waals surface area contributed by atoms with Crippen LogP contribution in [0.4, 0.5) is 5.69 Å². The molecule has 1 aromatic rings. The first-order valence-corrected chi connectivity index (χ1v) is 4.83. The summed E-state index contributed by atoms with van der Waals surface area (Å²) in [6.45, 7) is 0. The molecule has 0 aliphatic heterocycles. The summed E-state index contributed by atoms with van der Waals surface area (Å²) in [5, 5.41) is 0. The summed E-state index contributed by atoms with van der Waals surface area (Å²) < 4.78 is 30.9. The summed E-state index contributed by atoms with van der Waals surface area (Å²) >= 11 is 0. The number of hydrogen-bond acceptors (Lipinski definition) is 4. The van der Waals surface area contributed by atoms with Crippen molar-refractivity contribution in [2.45, 2.75) is 5.75 Å². The van der Waals surface area contributed by atoms with Crippen molar-refractivity contribution in [2.75, 3.05) is 5.73 Å². The van der Waals surface area contributed by atoms with E-state index in [2.05, 4.69) is 0 Å². The molecular formula is C7H8NO3S-. The highest BCUT2D eigenvalue weighted by Crippen LogP contribution is 2.08. The average molecular weight is 186 g/mol. The molecule has 0 unspecified atom stereocenters. The molecule has 0 heterocycles. The molecule has 0 amide bonds. The van der Waals surface area contributed by atoms with E-state index in [0.717, 1.165) is 0 Å². The Bertz CT molecular complexity index is 372. The van der Waals surface area contributed by atoms with E-state index in [0.29, 0.717) is 11.3 Å². The summed E-state index contributed by atoms with van der Waals surface area (Å²) in [5.74, 6) is -0.502. The van der Waals surface area contributed by atoms with Gasteiger partial charge in [0.05, 0.1) is 15.9 Å². The number of benzene rings is 1. The van der Waals surface area contributed by atoms with E-state index in [9.17, 15) is 13.0 Å². The zero-order valence-electron chi connectivity index (χ0n) is 6.23. The van der Waals surface area contributed by atoms with Crippen molar-refractivity contribution >= 4 is 15.8 Å². The van der Waals surface area contributed by atoms with Gasteiger partial charge in [0.15, 0.2) is 0 Å². The Morgan fingerprint density at radius 1 is 1.42 bits per heavy atom. The minimum atomic E-state index is -4.20. The topological polar surface area (TPSA) is 83.2 Å². The van der Waals surface area contributed by atoms with Gasteiger partial charge >= 0.3 is 0 Å². The molecule has 12 heavy (non-hydrogen) atoms. The van der Waals surface area contributed by atoms with Crippen molar-refractivity contribution in [3.8, 4) is 0 Å². The van der Waals surface area contributed by atoms with Gasteiger partial charge < -0.3 is 10.3 Å². The van der Waals surface area contributed by atoms with Gasteiger partial charge in [-0.15, -0.1) is 0 Å². The second kappa shape index (κ2) is 3.12. The summed E-state index contributed by atoms with van der Waals surface area (Å²) in [5.41, 5.74) is 6.26. The van der Waals surface area contributed by atoms with E-state index >= 15 is 0 Å². The molecule has 0 bridgehead atoms.